The Balaban J connectivity index is 2.18. The Hall–Kier alpha value is -1.30. The predicted molar refractivity (Wildman–Crippen MR) is 186 cm³/mol. The molecular weight excluding hydrogens is 666 g/mol. The molecule has 14 nitrogen and oxygen atoms in total. The lowest BCUT2D eigenvalue weighted by molar-refractivity contribution is -0.318. The fourth-order valence-corrected chi connectivity index (χ4v) is 8.41. The molecule has 0 aliphatic carbocycles. The molecule has 298 valence electrons. The van der Waals surface area contributed by atoms with E-state index in [2.05, 4.69) is 0 Å². The molecule has 0 saturated carbocycles. The Kier molecular flexibility index (Phi) is 14.7. The summed E-state index contributed by atoms with van der Waals surface area (Å²) in [5.74, 6) is -4.98. The number of hydrogen-bond donors (Lipinski definition) is 5. The fraction of sp³-hybridized carbons (Fsp3) is 0.946. The highest BCUT2D eigenvalue weighted by atomic mass is 16.7. The van der Waals surface area contributed by atoms with Gasteiger partial charge in [-0.3, -0.25) is 9.59 Å². The van der Waals surface area contributed by atoms with E-state index in [-0.39, 0.29) is 31.4 Å². The summed E-state index contributed by atoms with van der Waals surface area (Å²) in [5, 5.41) is 57.6. The van der Waals surface area contributed by atoms with Gasteiger partial charge in [-0.15, -0.1) is 0 Å². The van der Waals surface area contributed by atoms with Crippen molar-refractivity contribution in [2.75, 3.05) is 21.2 Å². The molecule has 0 radical (unpaired) electrons. The van der Waals surface area contributed by atoms with Gasteiger partial charge in [0.2, 0.25) is 0 Å². The number of ketones is 1. The molecule has 14 heteroatoms. The maximum atomic E-state index is 14.1. The number of esters is 1. The topological polar surface area (TPSA) is 194 Å². The molecule has 5 N–H and O–H groups in total. The van der Waals surface area contributed by atoms with E-state index in [0.717, 1.165) is 0 Å². The van der Waals surface area contributed by atoms with Crippen molar-refractivity contribution in [1.82, 2.24) is 4.90 Å². The summed E-state index contributed by atoms with van der Waals surface area (Å²) in [6, 6.07) is -0.324. The van der Waals surface area contributed by atoms with Gasteiger partial charge in [0.1, 0.15) is 29.7 Å². The third-order valence-electron chi connectivity index (χ3n) is 11.8. The van der Waals surface area contributed by atoms with Gasteiger partial charge in [-0.1, -0.05) is 27.7 Å². The number of nitrogens with zero attached hydrogens (tertiary/aromatic N) is 1. The molecule has 0 bridgehead atoms. The highest BCUT2D eigenvalue weighted by Gasteiger charge is 2.53. The van der Waals surface area contributed by atoms with Gasteiger partial charge >= 0.3 is 5.97 Å². The van der Waals surface area contributed by atoms with Crippen LogP contribution in [0, 0.1) is 23.7 Å². The number of aliphatic hydroxyl groups is 5. The fourth-order valence-electron chi connectivity index (χ4n) is 8.41. The van der Waals surface area contributed by atoms with Gasteiger partial charge in [-0.05, 0) is 74.9 Å². The molecule has 3 aliphatic rings. The minimum Gasteiger partial charge on any atom is -0.459 e. The van der Waals surface area contributed by atoms with Crippen LogP contribution in [0.5, 0.6) is 0 Å². The largest absolute Gasteiger partial charge is 0.459 e. The Bertz CT molecular complexity index is 1170. The molecule has 3 rings (SSSR count). The van der Waals surface area contributed by atoms with Crippen molar-refractivity contribution in [3.05, 3.63) is 0 Å². The smallest absolute Gasteiger partial charge is 0.311 e. The standard InChI is InChI=1S/C37H67NO13/c1-14-25-37(10,45)30(41)20(4)27(39)18(2)16-35(8,44)32(51-34-28(40)24(38(11)12)15-19(3)47-34)21(5)29(22(6)33(43)49-25)50-26-17-36(9,46-13)31(42)23(7)48-26/h18-26,28-32,34,40-42,44-45H,14-17H2,1-13H3/t18-,19-,20+,21+,22-,23?,24?,25-,26+,28?,29+,30-,31+,32-,34+,35-,36?,37-/m1/s1. The maximum absolute atomic E-state index is 14.1. The lowest BCUT2D eigenvalue weighted by Gasteiger charge is -2.49. The van der Waals surface area contributed by atoms with Crippen molar-refractivity contribution in [2.45, 2.75) is 179 Å². The van der Waals surface area contributed by atoms with Crippen LogP contribution >= 0.6 is 0 Å². The van der Waals surface area contributed by atoms with Crippen LogP contribution in [0.3, 0.4) is 0 Å². The highest BCUT2D eigenvalue weighted by Crippen LogP contribution is 2.40. The van der Waals surface area contributed by atoms with Gasteiger partial charge in [0.05, 0.1) is 47.6 Å². The van der Waals surface area contributed by atoms with Crippen LogP contribution in [0.25, 0.3) is 0 Å². The molecule has 4 unspecified atom stereocenters. The van der Waals surface area contributed by atoms with Crippen LogP contribution in [0.15, 0.2) is 0 Å². The van der Waals surface area contributed by atoms with E-state index in [4.69, 9.17) is 28.4 Å². The third-order valence-corrected chi connectivity index (χ3v) is 11.8. The highest BCUT2D eigenvalue weighted by molar-refractivity contribution is 5.83. The number of hydrogen-bond acceptors (Lipinski definition) is 14. The number of rotatable bonds is 7. The first-order valence-corrected chi connectivity index (χ1v) is 18.5. The average molecular weight is 734 g/mol. The van der Waals surface area contributed by atoms with Gasteiger partial charge in [0.25, 0.3) is 0 Å². The second-order valence-electron chi connectivity index (χ2n) is 16.5. The van der Waals surface area contributed by atoms with Gasteiger partial charge in [-0.2, -0.15) is 0 Å². The second kappa shape index (κ2) is 17.0. The number of methoxy groups -OCH3 is 1. The quantitative estimate of drug-likeness (QED) is 0.238. The van der Waals surface area contributed by atoms with Crippen molar-refractivity contribution in [2.24, 2.45) is 23.7 Å². The monoisotopic (exact) mass is 733 g/mol. The predicted octanol–water partition coefficient (Wildman–Crippen LogP) is 1.79. The molecule has 51 heavy (non-hydrogen) atoms. The minimum absolute atomic E-state index is 0.0936. The van der Waals surface area contributed by atoms with Crippen LogP contribution in [0.1, 0.15) is 94.9 Å². The molecular formula is C37H67NO13. The first-order valence-electron chi connectivity index (χ1n) is 18.5. The Morgan fingerprint density at radius 2 is 1.49 bits per heavy atom. The van der Waals surface area contributed by atoms with E-state index in [0.29, 0.717) is 6.42 Å². The number of Topliss-reactive ketones (excluding diaryl/α,β-unsaturated/α-hetero) is 1. The van der Waals surface area contributed by atoms with Crippen LogP contribution in [-0.2, 0) is 38.0 Å². The minimum atomic E-state index is -1.99. The maximum Gasteiger partial charge on any atom is 0.311 e. The van der Waals surface area contributed by atoms with E-state index in [1.54, 1.807) is 41.5 Å². The van der Waals surface area contributed by atoms with Gasteiger partial charge in [-0.25, -0.2) is 0 Å². The lowest BCUT2D eigenvalue weighted by atomic mass is 9.74. The lowest BCUT2D eigenvalue weighted by Crippen LogP contribution is -2.61. The first-order chi connectivity index (χ1) is 23.4. The number of carbonyl (C=O) groups excluding carboxylic acids is 2. The van der Waals surface area contributed by atoms with Gasteiger partial charge < -0.3 is 58.9 Å². The summed E-state index contributed by atoms with van der Waals surface area (Å²) in [6.45, 7) is 16.3. The molecule has 0 aromatic heterocycles. The Labute approximate surface area is 304 Å². The molecule has 3 saturated heterocycles. The van der Waals surface area contributed by atoms with E-state index in [1.165, 1.54) is 27.9 Å². The summed E-state index contributed by atoms with van der Waals surface area (Å²) in [6.07, 6.45) is -9.71. The molecule has 0 aromatic carbocycles. The number of cyclic esters (lactones) is 1. The van der Waals surface area contributed by atoms with Crippen LogP contribution in [-0.4, -0.2) is 148 Å². The molecule has 3 fully saturated rings. The third kappa shape index (κ3) is 9.51. The Morgan fingerprint density at radius 3 is 2.04 bits per heavy atom. The van der Waals surface area contributed by atoms with Crippen molar-refractivity contribution in [1.29, 1.82) is 0 Å². The average Bonchev–Trinajstić information content (AvgIpc) is 3.05. The normalized spacial score (nSPS) is 49.7. The Morgan fingerprint density at radius 1 is 0.882 bits per heavy atom. The number of ether oxygens (including phenoxy) is 6. The zero-order valence-corrected chi connectivity index (χ0v) is 32.9. The molecule has 0 amide bonds. The molecule has 0 aromatic rings. The SMILES string of the molecule is CC[C@H]1OC(=O)[C@H](C)[C@@H](O[C@H]2CC(C)(OC)[C@@H](O)C(C)O2)[C@H](C)[C@@H](O[C@@H]2O[C@H](C)CC(N(C)C)C2O)[C@](C)(O)C[C@@H](C)C(=O)[C@H](C)[C@@H](O)[C@]1(C)O. The summed E-state index contributed by atoms with van der Waals surface area (Å²) >= 11 is 0. The number of carbonyl (C=O) groups is 2. The van der Waals surface area contributed by atoms with Gasteiger partial charge in [0, 0.05) is 37.3 Å². The summed E-state index contributed by atoms with van der Waals surface area (Å²) in [7, 11) is 5.18. The summed E-state index contributed by atoms with van der Waals surface area (Å²) in [4.78, 5) is 29.8. The van der Waals surface area contributed by atoms with Crippen molar-refractivity contribution < 1.29 is 63.5 Å². The summed E-state index contributed by atoms with van der Waals surface area (Å²) in [5.41, 5.74) is -4.84. The van der Waals surface area contributed by atoms with Crippen molar-refractivity contribution in [3.63, 3.8) is 0 Å². The van der Waals surface area contributed by atoms with E-state index in [9.17, 15) is 35.1 Å². The van der Waals surface area contributed by atoms with Gasteiger partial charge in [0.15, 0.2) is 12.6 Å². The summed E-state index contributed by atoms with van der Waals surface area (Å²) < 4.78 is 37.1. The zero-order chi connectivity index (χ0) is 39.0. The van der Waals surface area contributed by atoms with Crippen LogP contribution in [0.4, 0.5) is 0 Å². The molecule has 3 heterocycles. The first kappa shape index (κ1) is 44.1. The zero-order valence-electron chi connectivity index (χ0n) is 32.9. The van der Waals surface area contributed by atoms with Crippen molar-refractivity contribution >= 4 is 11.8 Å². The second-order valence-corrected chi connectivity index (χ2v) is 16.5. The van der Waals surface area contributed by atoms with E-state index >= 15 is 0 Å². The molecule has 3 aliphatic heterocycles. The molecule has 18 atom stereocenters. The number of aliphatic hydroxyl groups excluding tert-OH is 3. The van der Waals surface area contributed by atoms with Crippen molar-refractivity contribution in [3.8, 4) is 0 Å². The van der Waals surface area contributed by atoms with E-state index < -0.39 is 108 Å². The molecule has 0 spiro atoms. The van der Waals surface area contributed by atoms with Crippen LogP contribution in [0.2, 0.25) is 0 Å². The van der Waals surface area contributed by atoms with Crippen LogP contribution < -0.4 is 0 Å². The number of likely N-dealkylation sites (N-methyl/N-ethyl adjacent to an activating group) is 1. The van der Waals surface area contributed by atoms with E-state index in [1.807, 2.05) is 25.9 Å².